The minimum atomic E-state index is -0.420. The van der Waals surface area contributed by atoms with Crippen LogP contribution in [0.3, 0.4) is 0 Å². The Labute approximate surface area is 202 Å². The summed E-state index contributed by atoms with van der Waals surface area (Å²) in [6.07, 6.45) is 8.02. The summed E-state index contributed by atoms with van der Waals surface area (Å²) >= 11 is 25.6. The van der Waals surface area contributed by atoms with Gasteiger partial charge < -0.3 is 14.0 Å². The molecule has 1 aliphatic heterocycles. The van der Waals surface area contributed by atoms with Gasteiger partial charge in [0, 0.05) is 51.0 Å². The van der Waals surface area contributed by atoms with Gasteiger partial charge in [0.25, 0.3) is 0 Å². The molecule has 3 atom stereocenters. The van der Waals surface area contributed by atoms with Crippen LogP contribution in [0.25, 0.3) is 0 Å². The molecule has 4 nitrogen and oxygen atoms in total. The molecule has 164 valence electrons. The van der Waals surface area contributed by atoms with E-state index in [0.29, 0.717) is 26.5 Å². The van der Waals surface area contributed by atoms with Gasteiger partial charge >= 0.3 is 0 Å². The van der Waals surface area contributed by atoms with E-state index in [0.717, 1.165) is 36.9 Å². The van der Waals surface area contributed by atoms with Gasteiger partial charge in [-0.25, -0.2) is 4.98 Å². The van der Waals surface area contributed by atoms with Crippen LogP contribution in [0.15, 0.2) is 55.1 Å². The first-order chi connectivity index (χ1) is 15.0. The minimum Gasteiger partial charge on any atom is -0.348 e. The van der Waals surface area contributed by atoms with Gasteiger partial charge in [-0.05, 0) is 49.1 Å². The molecule has 0 N–H and O–H groups in total. The van der Waals surface area contributed by atoms with Crippen molar-refractivity contribution in [2.75, 3.05) is 0 Å². The third kappa shape index (κ3) is 5.95. The third-order valence-corrected chi connectivity index (χ3v) is 6.59. The van der Waals surface area contributed by atoms with Crippen molar-refractivity contribution in [2.45, 2.75) is 50.7 Å². The molecule has 1 unspecified atom stereocenters. The molecule has 31 heavy (non-hydrogen) atoms. The van der Waals surface area contributed by atoms with Gasteiger partial charge in [-0.1, -0.05) is 58.5 Å². The highest BCUT2D eigenvalue weighted by Crippen LogP contribution is 2.38. The Morgan fingerprint density at radius 2 is 1.87 bits per heavy atom. The SMILES string of the molecule is Clc1ccc(CC(O[C@H]2CCC[C@H](Cn3ccnc3)O2)c2c(Cl)cccc2Cl)c(Cl)c1. The molecule has 0 amide bonds. The Hall–Kier alpha value is -1.27. The monoisotopic (exact) mass is 498 g/mol. The molecular formula is C23H22Cl4N2O2. The first kappa shape index (κ1) is 22.9. The topological polar surface area (TPSA) is 36.3 Å². The molecule has 1 fully saturated rings. The Balaban J connectivity index is 1.55. The average molecular weight is 500 g/mol. The molecule has 8 heteroatoms. The highest BCUT2D eigenvalue weighted by atomic mass is 35.5. The van der Waals surface area contributed by atoms with Gasteiger partial charge in [0.2, 0.25) is 0 Å². The first-order valence-corrected chi connectivity index (χ1v) is 11.7. The number of hydrogen-bond acceptors (Lipinski definition) is 3. The number of hydrogen-bond donors (Lipinski definition) is 0. The third-order valence-electron chi connectivity index (χ3n) is 5.34. The zero-order valence-electron chi connectivity index (χ0n) is 16.7. The van der Waals surface area contributed by atoms with Crippen molar-refractivity contribution in [1.29, 1.82) is 0 Å². The second kappa shape index (κ2) is 10.6. The van der Waals surface area contributed by atoms with Crippen LogP contribution in [-0.2, 0) is 22.4 Å². The summed E-state index contributed by atoms with van der Waals surface area (Å²) in [5, 5.41) is 2.26. The smallest absolute Gasteiger partial charge is 0.158 e. The summed E-state index contributed by atoms with van der Waals surface area (Å²) in [5.41, 5.74) is 1.63. The fraction of sp³-hybridized carbons (Fsp3) is 0.348. The molecule has 0 bridgehead atoms. The number of halogens is 4. The number of ether oxygens (including phenoxy) is 2. The number of aromatic nitrogens is 2. The van der Waals surface area contributed by atoms with E-state index in [1.807, 2.05) is 41.1 Å². The summed E-state index contributed by atoms with van der Waals surface area (Å²) in [7, 11) is 0. The standard InChI is InChI=1S/C23H22Cl4N2O2/c24-16-8-7-15(20(27)12-16)11-21(23-18(25)4-2-5-19(23)26)31-22-6-1-3-17(30-22)13-29-10-9-28-14-29/h2,4-5,7-10,12,14,17,21-22H,1,3,6,11,13H2/t17-,21?,22+/m1/s1. The second-order valence-corrected chi connectivity index (χ2v) is 9.24. The van der Waals surface area contributed by atoms with Crippen molar-refractivity contribution >= 4 is 46.4 Å². The molecule has 1 saturated heterocycles. The highest BCUT2D eigenvalue weighted by molar-refractivity contribution is 6.36. The molecule has 2 heterocycles. The highest BCUT2D eigenvalue weighted by Gasteiger charge is 2.29. The maximum Gasteiger partial charge on any atom is 0.158 e. The van der Waals surface area contributed by atoms with E-state index in [2.05, 4.69) is 4.98 Å². The lowest BCUT2D eigenvalue weighted by Crippen LogP contribution is -2.33. The van der Waals surface area contributed by atoms with Crippen LogP contribution in [0.4, 0.5) is 0 Å². The fourth-order valence-electron chi connectivity index (χ4n) is 3.83. The molecule has 1 aliphatic rings. The molecule has 0 radical (unpaired) electrons. The summed E-state index contributed by atoms with van der Waals surface area (Å²) < 4.78 is 14.8. The van der Waals surface area contributed by atoms with Gasteiger partial charge in [-0.2, -0.15) is 0 Å². The molecule has 2 aromatic carbocycles. The molecule has 1 aromatic heterocycles. The van der Waals surface area contributed by atoms with Crippen LogP contribution < -0.4 is 0 Å². The van der Waals surface area contributed by atoms with Crippen LogP contribution in [0.1, 0.15) is 36.5 Å². The molecular weight excluding hydrogens is 478 g/mol. The summed E-state index contributed by atoms with van der Waals surface area (Å²) in [4.78, 5) is 4.10. The maximum atomic E-state index is 6.53. The van der Waals surface area contributed by atoms with Gasteiger partial charge in [-0.3, -0.25) is 0 Å². The van der Waals surface area contributed by atoms with Crippen molar-refractivity contribution in [3.8, 4) is 0 Å². The molecule has 4 rings (SSSR count). The summed E-state index contributed by atoms with van der Waals surface area (Å²) in [5.74, 6) is 0. The van der Waals surface area contributed by atoms with Gasteiger partial charge in [0.15, 0.2) is 6.29 Å². The number of nitrogens with zero attached hydrogens (tertiary/aromatic N) is 2. The lowest BCUT2D eigenvalue weighted by Gasteiger charge is -2.33. The normalized spacial score (nSPS) is 20.0. The van der Waals surface area contributed by atoms with E-state index in [1.54, 1.807) is 18.6 Å². The predicted octanol–water partition coefficient (Wildman–Crippen LogP) is 7.39. The van der Waals surface area contributed by atoms with Crippen molar-refractivity contribution < 1.29 is 9.47 Å². The number of benzene rings is 2. The summed E-state index contributed by atoms with van der Waals surface area (Å²) in [6, 6.07) is 10.9. The van der Waals surface area contributed by atoms with E-state index in [-0.39, 0.29) is 12.4 Å². The zero-order chi connectivity index (χ0) is 21.8. The first-order valence-electron chi connectivity index (χ1n) is 10.1. The van der Waals surface area contributed by atoms with E-state index in [1.165, 1.54) is 0 Å². The quantitative estimate of drug-likeness (QED) is 0.340. The van der Waals surface area contributed by atoms with E-state index in [9.17, 15) is 0 Å². The van der Waals surface area contributed by atoms with Crippen molar-refractivity contribution in [1.82, 2.24) is 9.55 Å². The average Bonchev–Trinajstić information content (AvgIpc) is 3.23. The van der Waals surface area contributed by atoms with Crippen molar-refractivity contribution in [3.63, 3.8) is 0 Å². The number of rotatable bonds is 7. The molecule has 0 aliphatic carbocycles. The Kier molecular flexibility index (Phi) is 7.81. The van der Waals surface area contributed by atoms with Crippen LogP contribution in [-0.4, -0.2) is 21.9 Å². The van der Waals surface area contributed by atoms with Crippen molar-refractivity contribution in [3.05, 3.63) is 86.3 Å². The van der Waals surface area contributed by atoms with Gasteiger partial charge in [-0.15, -0.1) is 0 Å². The van der Waals surface area contributed by atoms with Crippen LogP contribution in [0.5, 0.6) is 0 Å². The van der Waals surface area contributed by atoms with E-state index < -0.39 is 6.10 Å². The lowest BCUT2D eigenvalue weighted by atomic mass is 10.0. The van der Waals surface area contributed by atoms with Crippen LogP contribution >= 0.6 is 46.4 Å². The lowest BCUT2D eigenvalue weighted by molar-refractivity contribution is -0.218. The van der Waals surface area contributed by atoms with E-state index in [4.69, 9.17) is 55.9 Å². The van der Waals surface area contributed by atoms with Crippen molar-refractivity contribution in [2.24, 2.45) is 0 Å². The van der Waals surface area contributed by atoms with E-state index >= 15 is 0 Å². The van der Waals surface area contributed by atoms with Crippen LogP contribution in [0.2, 0.25) is 20.1 Å². The number of imidazole rings is 1. The van der Waals surface area contributed by atoms with Gasteiger partial charge in [0.1, 0.15) is 0 Å². The predicted molar refractivity (Wildman–Crippen MR) is 125 cm³/mol. The molecule has 3 aromatic rings. The summed E-state index contributed by atoms with van der Waals surface area (Å²) in [6.45, 7) is 0.736. The fourth-order valence-corrected chi connectivity index (χ4v) is 4.96. The second-order valence-electron chi connectivity index (χ2n) is 7.58. The molecule has 0 spiro atoms. The Morgan fingerprint density at radius 3 is 2.58 bits per heavy atom. The Bertz CT molecular complexity index is 993. The largest absolute Gasteiger partial charge is 0.348 e. The molecule has 0 saturated carbocycles. The minimum absolute atomic E-state index is 0.0504. The maximum absolute atomic E-state index is 6.53. The van der Waals surface area contributed by atoms with Gasteiger partial charge in [0.05, 0.1) is 18.5 Å². The Morgan fingerprint density at radius 1 is 1.06 bits per heavy atom. The zero-order valence-corrected chi connectivity index (χ0v) is 19.7. The van der Waals surface area contributed by atoms with Crippen LogP contribution in [0, 0.1) is 0 Å².